The third-order valence-electron chi connectivity index (χ3n) is 7.81. The standard InChI is InChI=1S/C20H28O2/c1-3-20(22)11-9-18-17-6-4-13-12-14(21)5-7-15(13)16(17)8-10-19(18,20)2/h1,4,14-18,21-22H,5-12H2,2H3/t14?,15?,16?,17?,18?,19-,20-/m0/s1. The largest absolute Gasteiger partial charge is 0.393 e. The van der Waals surface area contributed by atoms with Crippen LogP contribution in [0.4, 0.5) is 0 Å². The van der Waals surface area contributed by atoms with Gasteiger partial charge in [0.15, 0.2) is 0 Å². The van der Waals surface area contributed by atoms with E-state index in [0.717, 1.165) is 50.9 Å². The van der Waals surface area contributed by atoms with E-state index in [2.05, 4.69) is 18.9 Å². The van der Waals surface area contributed by atoms with Crippen LogP contribution in [0.3, 0.4) is 0 Å². The number of fused-ring (bicyclic) bond motifs is 5. The van der Waals surface area contributed by atoms with Crippen molar-refractivity contribution in [3.8, 4) is 12.3 Å². The lowest BCUT2D eigenvalue weighted by molar-refractivity contribution is -0.0828. The van der Waals surface area contributed by atoms with Gasteiger partial charge in [-0.2, -0.15) is 0 Å². The maximum atomic E-state index is 10.9. The molecule has 0 heterocycles. The number of aliphatic hydroxyl groups is 2. The second-order valence-corrected chi connectivity index (χ2v) is 8.49. The number of terminal acetylenes is 1. The third-order valence-corrected chi connectivity index (χ3v) is 7.81. The van der Waals surface area contributed by atoms with Crippen LogP contribution in [0.25, 0.3) is 0 Å². The highest BCUT2D eigenvalue weighted by atomic mass is 16.3. The minimum absolute atomic E-state index is 0.0948. The quantitative estimate of drug-likeness (QED) is 0.532. The van der Waals surface area contributed by atoms with Crippen LogP contribution in [-0.2, 0) is 0 Å². The Morgan fingerprint density at radius 3 is 2.77 bits per heavy atom. The summed E-state index contributed by atoms with van der Waals surface area (Å²) in [6.07, 6.45) is 16.3. The first-order valence-corrected chi connectivity index (χ1v) is 9.05. The minimum atomic E-state index is -0.893. The Balaban J connectivity index is 1.64. The third kappa shape index (κ3) is 1.82. The fourth-order valence-corrected chi connectivity index (χ4v) is 6.50. The van der Waals surface area contributed by atoms with Gasteiger partial charge in [-0.05, 0) is 75.0 Å². The fraction of sp³-hybridized carbons (Fsp3) is 0.800. The van der Waals surface area contributed by atoms with Gasteiger partial charge in [0.2, 0.25) is 0 Å². The van der Waals surface area contributed by atoms with E-state index in [0.29, 0.717) is 17.8 Å². The van der Waals surface area contributed by atoms with Gasteiger partial charge >= 0.3 is 0 Å². The van der Waals surface area contributed by atoms with E-state index in [9.17, 15) is 10.2 Å². The molecule has 0 amide bonds. The number of hydrogen-bond donors (Lipinski definition) is 2. The van der Waals surface area contributed by atoms with Crippen LogP contribution < -0.4 is 0 Å². The Labute approximate surface area is 134 Å². The number of rotatable bonds is 0. The smallest absolute Gasteiger partial charge is 0.130 e. The first-order valence-electron chi connectivity index (χ1n) is 9.05. The molecule has 0 saturated heterocycles. The SMILES string of the molecule is C#C[C@]1(O)CCC2C3CC=C4CC(O)CCC4C3CC[C@@]21C. The van der Waals surface area contributed by atoms with Gasteiger partial charge in [0, 0.05) is 5.41 Å². The van der Waals surface area contributed by atoms with Gasteiger partial charge in [0.05, 0.1) is 6.10 Å². The van der Waals surface area contributed by atoms with Crippen molar-refractivity contribution in [3.63, 3.8) is 0 Å². The normalized spacial score (nSPS) is 53.7. The Kier molecular flexibility index (Phi) is 3.26. The van der Waals surface area contributed by atoms with E-state index in [-0.39, 0.29) is 11.5 Å². The lowest BCUT2D eigenvalue weighted by Crippen LogP contribution is -2.52. The molecule has 4 rings (SSSR count). The monoisotopic (exact) mass is 300 g/mol. The second kappa shape index (κ2) is 4.86. The predicted molar refractivity (Wildman–Crippen MR) is 86.9 cm³/mol. The van der Waals surface area contributed by atoms with E-state index < -0.39 is 5.60 Å². The molecule has 0 aromatic rings. The van der Waals surface area contributed by atoms with Gasteiger partial charge in [-0.15, -0.1) is 6.42 Å². The van der Waals surface area contributed by atoms with Crippen molar-refractivity contribution in [1.29, 1.82) is 0 Å². The zero-order chi connectivity index (χ0) is 15.5. The van der Waals surface area contributed by atoms with Gasteiger partial charge in [-0.25, -0.2) is 0 Å². The molecule has 4 aliphatic carbocycles. The minimum Gasteiger partial charge on any atom is -0.393 e. The fourth-order valence-electron chi connectivity index (χ4n) is 6.50. The maximum absolute atomic E-state index is 10.9. The Bertz CT molecular complexity index is 544. The van der Waals surface area contributed by atoms with Crippen LogP contribution in [0.2, 0.25) is 0 Å². The molecular weight excluding hydrogens is 272 g/mol. The molecule has 120 valence electrons. The molecule has 3 fully saturated rings. The summed E-state index contributed by atoms with van der Waals surface area (Å²) >= 11 is 0. The molecule has 0 bridgehead atoms. The van der Waals surface area contributed by atoms with Crippen molar-refractivity contribution in [1.82, 2.24) is 0 Å². The average Bonchev–Trinajstić information content (AvgIpc) is 2.79. The molecule has 5 unspecified atom stereocenters. The molecule has 22 heavy (non-hydrogen) atoms. The van der Waals surface area contributed by atoms with Crippen LogP contribution in [0.15, 0.2) is 11.6 Å². The van der Waals surface area contributed by atoms with Crippen molar-refractivity contribution >= 4 is 0 Å². The van der Waals surface area contributed by atoms with Gasteiger partial charge in [0.25, 0.3) is 0 Å². The van der Waals surface area contributed by atoms with Gasteiger partial charge in [-0.1, -0.05) is 24.5 Å². The number of hydrogen-bond acceptors (Lipinski definition) is 2. The molecule has 2 heteroatoms. The highest BCUT2D eigenvalue weighted by Crippen LogP contribution is 2.64. The lowest BCUT2D eigenvalue weighted by atomic mass is 9.51. The van der Waals surface area contributed by atoms with E-state index in [1.807, 2.05) is 0 Å². The molecule has 0 aromatic carbocycles. The molecule has 2 N–H and O–H groups in total. The van der Waals surface area contributed by atoms with Crippen molar-refractivity contribution in [3.05, 3.63) is 11.6 Å². The first kappa shape index (κ1) is 14.8. The Hall–Kier alpha value is -0.780. The van der Waals surface area contributed by atoms with Crippen molar-refractivity contribution in [2.45, 2.75) is 70.0 Å². The molecule has 0 spiro atoms. The molecule has 4 aliphatic rings. The van der Waals surface area contributed by atoms with E-state index in [1.54, 1.807) is 0 Å². The zero-order valence-electron chi connectivity index (χ0n) is 13.6. The Morgan fingerprint density at radius 2 is 2.00 bits per heavy atom. The van der Waals surface area contributed by atoms with Crippen LogP contribution in [-0.4, -0.2) is 21.9 Å². The summed E-state index contributed by atoms with van der Waals surface area (Å²) in [4.78, 5) is 0. The summed E-state index contributed by atoms with van der Waals surface area (Å²) in [5.41, 5.74) is 0.534. The molecule has 0 aromatic heterocycles. The molecule has 2 nitrogen and oxygen atoms in total. The van der Waals surface area contributed by atoms with Crippen molar-refractivity contribution in [2.24, 2.45) is 29.1 Å². The van der Waals surface area contributed by atoms with E-state index in [1.165, 1.54) is 12.0 Å². The summed E-state index contributed by atoms with van der Waals surface area (Å²) in [5.74, 6) is 5.44. The number of aliphatic hydroxyl groups excluding tert-OH is 1. The molecule has 7 atom stereocenters. The van der Waals surface area contributed by atoms with Crippen LogP contribution in [0, 0.1) is 41.4 Å². The maximum Gasteiger partial charge on any atom is 0.130 e. The number of allylic oxidation sites excluding steroid dienone is 1. The summed E-state index contributed by atoms with van der Waals surface area (Å²) in [7, 11) is 0. The van der Waals surface area contributed by atoms with Gasteiger partial charge in [-0.3, -0.25) is 0 Å². The second-order valence-electron chi connectivity index (χ2n) is 8.49. The van der Waals surface area contributed by atoms with E-state index in [4.69, 9.17) is 6.42 Å². The zero-order valence-corrected chi connectivity index (χ0v) is 13.6. The Morgan fingerprint density at radius 1 is 1.18 bits per heavy atom. The molecule has 0 radical (unpaired) electrons. The van der Waals surface area contributed by atoms with Crippen molar-refractivity contribution in [2.75, 3.05) is 0 Å². The topological polar surface area (TPSA) is 40.5 Å². The first-order chi connectivity index (χ1) is 10.5. The van der Waals surface area contributed by atoms with Crippen LogP contribution in [0.1, 0.15) is 58.3 Å². The van der Waals surface area contributed by atoms with Gasteiger partial charge in [0.1, 0.15) is 5.60 Å². The molecule has 0 aliphatic heterocycles. The molecular formula is C20H28O2. The van der Waals surface area contributed by atoms with Gasteiger partial charge < -0.3 is 10.2 Å². The van der Waals surface area contributed by atoms with Crippen molar-refractivity contribution < 1.29 is 10.2 Å². The summed E-state index contributed by atoms with van der Waals surface area (Å²) in [6.45, 7) is 2.24. The summed E-state index contributed by atoms with van der Waals surface area (Å²) in [6, 6.07) is 0. The summed E-state index contributed by atoms with van der Waals surface area (Å²) in [5, 5.41) is 20.9. The van der Waals surface area contributed by atoms with Crippen LogP contribution in [0.5, 0.6) is 0 Å². The average molecular weight is 300 g/mol. The van der Waals surface area contributed by atoms with Crippen LogP contribution >= 0.6 is 0 Å². The lowest BCUT2D eigenvalue weighted by Gasteiger charge is -2.54. The highest BCUT2D eigenvalue weighted by molar-refractivity contribution is 5.26. The van der Waals surface area contributed by atoms with E-state index >= 15 is 0 Å². The summed E-state index contributed by atoms with van der Waals surface area (Å²) < 4.78 is 0. The highest BCUT2D eigenvalue weighted by Gasteiger charge is 2.61. The molecule has 3 saturated carbocycles. The predicted octanol–water partition coefficient (Wildman–Crippen LogP) is 3.28.